The van der Waals surface area contributed by atoms with E-state index in [4.69, 9.17) is 0 Å². The van der Waals surface area contributed by atoms with Crippen LogP contribution in [0.3, 0.4) is 0 Å². The molecule has 0 radical (unpaired) electrons. The summed E-state index contributed by atoms with van der Waals surface area (Å²) in [4.78, 5) is 39.2. The molecule has 3 rings (SSSR count). The van der Waals surface area contributed by atoms with Crippen LogP contribution in [0, 0.1) is 16.0 Å². The molecule has 8 nitrogen and oxygen atoms in total. The highest BCUT2D eigenvalue weighted by Gasteiger charge is 2.25. The first kappa shape index (κ1) is 19.1. The summed E-state index contributed by atoms with van der Waals surface area (Å²) in [7, 11) is 0. The fraction of sp³-hybridized carbons (Fsp3) is 0.579. The van der Waals surface area contributed by atoms with Crippen LogP contribution < -0.4 is 10.2 Å². The van der Waals surface area contributed by atoms with E-state index in [9.17, 15) is 19.7 Å². The number of anilines is 1. The molecule has 1 N–H and O–H groups in total. The van der Waals surface area contributed by atoms with Crippen molar-refractivity contribution in [3.8, 4) is 0 Å². The van der Waals surface area contributed by atoms with Crippen LogP contribution in [-0.2, 0) is 4.79 Å². The third kappa shape index (κ3) is 4.56. The number of nitrogens with one attached hydrogen (secondary N) is 1. The van der Waals surface area contributed by atoms with Crippen molar-refractivity contribution in [2.75, 3.05) is 37.6 Å². The first-order chi connectivity index (χ1) is 13.0. The molecule has 0 atom stereocenters. The second-order valence-corrected chi connectivity index (χ2v) is 7.40. The number of carbonyl (C=O) groups is 2. The van der Waals surface area contributed by atoms with Gasteiger partial charge in [0.15, 0.2) is 0 Å². The summed E-state index contributed by atoms with van der Waals surface area (Å²) in [5, 5.41) is 14.1. The van der Waals surface area contributed by atoms with Gasteiger partial charge in [-0.15, -0.1) is 0 Å². The Labute approximate surface area is 158 Å². The SMILES string of the molecule is CC1CCN(c2ccc(C(=O)NCC(=O)N3CCCC3)cc2[N+](=O)[O-])CC1. The van der Waals surface area contributed by atoms with Gasteiger partial charge in [-0.25, -0.2) is 0 Å². The maximum atomic E-state index is 12.4. The second kappa shape index (κ2) is 8.37. The van der Waals surface area contributed by atoms with Crippen molar-refractivity contribution in [3.05, 3.63) is 33.9 Å². The molecule has 27 heavy (non-hydrogen) atoms. The number of hydrogen-bond acceptors (Lipinski definition) is 5. The van der Waals surface area contributed by atoms with Gasteiger partial charge in [0.05, 0.1) is 11.5 Å². The Morgan fingerprint density at radius 1 is 1.19 bits per heavy atom. The molecule has 2 heterocycles. The van der Waals surface area contributed by atoms with Crippen molar-refractivity contribution in [3.63, 3.8) is 0 Å². The second-order valence-electron chi connectivity index (χ2n) is 7.40. The van der Waals surface area contributed by atoms with Crippen LogP contribution >= 0.6 is 0 Å². The van der Waals surface area contributed by atoms with Gasteiger partial charge in [0, 0.05) is 37.8 Å². The van der Waals surface area contributed by atoms with E-state index in [1.54, 1.807) is 17.0 Å². The van der Waals surface area contributed by atoms with Crippen LogP contribution in [0.15, 0.2) is 18.2 Å². The zero-order chi connectivity index (χ0) is 19.4. The van der Waals surface area contributed by atoms with E-state index in [-0.39, 0.29) is 23.7 Å². The molecule has 8 heteroatoms. The summed E-state index contributed by atoms with van der Waals surface area (Å²) in [6.07, 6.45) is 3.97. The summed E-state index contributed by atoms with van der Waals surface area (Å²) >= 11 is 0. The molecular weight excluding hydrogens is 348 g/mol. The topological polar surface area (TPSA) is 95.8 Å². The molecule has 2 aliphatic rings. The van der Waals surface area contributed by atoms with Crippen molar-refractivity contribution >= 4 is 23.2 Å². The zero-order valence-corrected chi connectivity index (χ0v) is 15.6. The molecule has 2 fully saturated rings. The van der Waals surface area contributed by atoms with E-state index in [0.717, 1.165) is 51.9 Å². The fourth-order valence-corrected chi connectivity index (χ4v) is 3.66. The van der Waals surface area contributed by atoms with Gasteiger partial charge in [-0.1, -0.05) is 6.92 Å². The number of nitro groups is 1. The normalized spacial score (nSPS) is 17.8. The largest absolute Gasteiger partial charge is 0.366 e. The minimum Gasteiger partial charge on any atom is -0.366 e. The van der Waals surface area contributed by atoms with Gasteiger partial charge >= 0.3 is 0 Å². The van der Waals surface area contributed by atoms with Crippen LogP contribution in [0.1, 0.15) is 43.0 Å². The number of benzene rings is 1. The lowest BCUT2D eigenvalue weighted by Crippen LogP contribution is -2.38. The van der Waals surface area contributed by atoms with E-state index in [1.165, 1.54) is 6.07 Å². The van der Waals surface area contributed by atoms with Gasteiger partial charge in [-0.3, -0.25) is 19.7 Å². The Hall–Kier alpha value is -2.64. The molecule has 1 aromatic carbocycles. The van der Waals surface area contributed by atoms with E-state index in [1.807, 2.05) is 4.90 Å². The highest BCUT2D eigenvalue weighted by Crippen LogP contribution is 2.32. The van der Waals surface area contributed by atoms with Crippen molar-refractivity contribution < 1.29 is 14.5 Å². The van der Waals surface area contributed by atoms with Crippen LogP contribution in [0.5, 0.6) is 0 Å². The monoisotopic (exact) mass is 374 g/mol. The standard InChI is InChI=1S/C19H26N4O4/c1-14-6-10-21(11-7-14)16-5-4-15(12-17(16)23(26)27)19(25)20-13-18(24)22-8-2-3-9-22/h4-5,12,14H,2-3,6-11,13H2,1H3,(H,20,25). The number of nitro benzene ring substituents is 1. The number of carbonyl (C=O) groups excluding carboxylic acids is 2. The Morgan fingerprint density at radius 2 is 1.85 bits per heavy atom. The number of rotatable bonds is 5. The van der Waals surface area contributed by atoms with Gasteiger partial charge < -0.3 is 15.1 Å². The molecule has 2 aliphatic heterocycles. The third-order valence-corrected chi connectivity index (χ3v) is 5.42. The van der Waals surface area contributed by atoms with Gasteiger partial charge in [0.2, 0.25) is 5.91 Å². The molecule has 146 valence electrons. The highest BCUT2D eigenvalue weighted by molar-refractivity contribution is 5.97. The van der Waals surface area contributed by atoms with E-state index in [0.29, 0.717) is 11.6 Å². The molecule has 1 aromatic rings. The predicted molar refractivity (Wildman–Crippen MR) is 102 cm³/mol. The molecule has 0 aliphatic carbocycles. The van der Waals surface area contributed by atoms with E-state index < -0.39 is 10.8 Å². The molecule has 2 amide bonds. The maximum Gasteiger partial charge on any atom is 0.293 e. The smallest absolute Gasteiger partial charge is 0.293 e. The Bertz CT molecular complexity index is 722. The lowest BCUT2D eigenvalue weighted by Gasteiger charge is -2.31. The van der Waals surface area contributed by atoms with Crippen molar-refractivity contribution in [1.82, 2.24) is 10.2 Å². The van der Waals surface area contributed by atoms with Crippen molar-refractivity contribution in [2.24, 2.45) is 5.92 Å². The number of nitrogens with zero attached hydrogens (tertiary/aromatic N) is 3. The van der Waals surface area contributed by atoms with Gasteiger partial charge in [0.1, 0.15) is 5.69 Å². The Balaban J connectivity index is 1.68. The van der Waals surface area contributed by atoms with Gasteiger partial charge in [-0.05, 0) is 43.7 Å². The predicted octanol–water partition coefficient (Wildman–Crippen LogP) is 2.18. The minimum atomic E-state index is -0.468. The number of likely N-dealkylation sites (tertiary alicyclic amines) is 1. The maximum absolute atomic E-state index is 12.4. The minimum absolute atomic E-state index is 0.0666. The molecule has 2 saturated heterocycles. The average Bonchev–Trinajstić information content (AvgIpc) is 3.21. The number of hydrogen-bond donors (Lipinski definition) is 1. The van der Waals surface area contributed by atoms with Gasteiger partial charge in [0.25, 0.3) is 11.6 Å². The molecule has 0 saturated carbocycles. The average molecular weight is 374 g/mol. The zero-order valence-electron chi connectivity index (χ0n) is 15.6. The summed E-state index contributed by atoms with van der Waals surface area (Å²) < 4.78 is 0. The summed E-state index contributed by atoms with van der Waals surface area (Å²) in [6.45, 7) is 5.10. The fourth-order valence-electron chi connectivity index (χ4n) is 3.66. The third-order valence-electron chi connectivity index (χ3n) is 5.42. The Kier molecular flexibility index (Phi) is 5.93. The first-order valence-corrected chi connectivity index (χ1v) is 9.55. The lowest BCUT2D eigenvalue weighted by molar-refractivity contribution is -0.384. The highest BCUT2D eigenvalue weighted by atomic mass is 16.6. The number of amides is 2. The quantitative estimate of drug-likeness (QED) is 0.629. The van der Waals surface area contributed by atoms with E-state index >= 15 is 0 Å². The van der Waals surface area contributed by atoms with E-state index in [2.05, 4.69) is 12.2 Å². The summed E-state index contributed by atoms with van der Waals surface area (Å²) in [5.74, 6) is 0.0392. The lowest BCUT2D eigenvalue weighted by atomic mass is 9.98. The molecular formula is C19H26N4O4. The Morgan fingerprint density at radius 3 is 2.48 bits per heavy atom. The van der Waals surface area contributed by atoms with Crippen LogP contribution in [0.2, 0.25) is 0 Å². The summed E-state index contributed by atoms with van der Waals surface area (Å²) in [6, 6.07) is 4.55. The first-order valence-electron chi connectivity index (χ1n) is 9.55. The summed E-state index contributed by atoms with van der Waals surface area (Å²) in [5.41, 5.74) is 0.685. The molecule has 0 spiro atoms. The molecule has 0 bridgehead atoms. The number of piperidine rings is 1. The van der Waals surface area contributed by atoms with Crippen LogP contribution in [0.4, 0.5) is 11.4 Å². The van der Waals surface area contributed by atoms with Crippen LogP contribution in [0.25, 0.3) is 0 Å². The molecule has 0 unspecified atom stereocenters. The van der Waals surface area contributed by atoms with Crippen LogP contribution in [-0.4, -0.2) is 54.4 Å². The van der Waals surface area contributed by atoms with Gasteiger partial charge in [-0.2, -0.15) is 0 Å². The van der Waals surface area contributed by atoms with Crippen molar-refractivity contribution in [2.45, 2.75) is 32.6 Å². The van der Waals surface area contributed by atoms with Crippen molar-refractivity contribution in [1.29, 1.82) is 0 Å². The molecule has 0 aromatic heterocycles.